The van der Waals surface area contributed by atoms with Crippen molar-refractivity contribution in [3.63, 3.8) is 0 Å². The fourth-order valence-electron chi connectivity index (χ4n) is 2.03. The van der Waals surface area contributed by atoms with E-state index in [1.54, 1.807) is 6.07 Å². The minimum Gasteiger partial charge on any atom is -0.329 e. The van der Waals surface area contributed by atoms with E-state index in [1.165, 1.54) is 23.0 Å². The number of nitrogens with zero attached hydrogens (tertiary/aromatic N) is 5. The third-order valence-electron chi connectivity index (χ3n) is 3.22. The van der Waals surface area contributed by atoms with Crippen LogP contribution in [-0.4, -0.2) is 24.7 Å². The van der Waals surface area contributed by atoms with Crippen LogP contribution in [0.25, 0.3) is 11.4 Å². The van der Waals surface area contributed by atoms with Gasteiger partial charge in [-0.2, -0.15) is 18.2 Å². The van der Waals surface area contributed by atoms with Gasteiger partial charge in [-0.1, -0.05) is 5.16 Å². The zero-order valence-corrected chi connectivity index (χ0v) is 13.1. The van der Waals surface area contributed by atoms with E-state index in [2.05, 4.69) is 24.6 Å². The maximum absolute atomic E-state index is 12.5. The van der Waals surface area contributed by atoms with Gasteiger partial charge in [0.05, 0.1) is 0 Å². The van der Waals surface area contributed by atoms with Crippen molar-refractivity contribution in [2.75, 3.05) is 0 Å². The summed E-state index contributed by atoms with van der Waals surface area (Å²) in [5.41, 5.74) is 0.366. The quantitative estimate of drug-likeness (QED) is 0.655. The van der Waals surface area contributed by atoms with Gasteiger partial charge in [-0.3, -0.25) is 4.79 Å². The Morgan fingerprint density at radius 2 is 2.04 bits per heavy atom. The summed E-state index contributed by atoms with van der Waals surface area (Å²) in [4.78, 5) is 23.1. The van der Waals surface area contributed by atoms with Crippen molar-refractivity contribution in [1.29, 1.82) is 0 Å². The lowest BCUT2D eigenvalue weighted by molar-refractivity contribution is -0.159. The van der Waals surface area contributed by atoms with Gasteiger partial charge in [0, 0.05) is 42.7 Å². The van der Waals surface area contributed by atoms with Crippen molar-refractivity contribution in [1.82, 2.24) is 24.7 Å². The predicted molar refractivity (Wildman–Crippen MR) is 79.7 cm³/mol. The highest BCUT2D eigenvalue weighted by Crippen LogP contribution is 2.29. The maximum Gasteiger partial charge on any atom is 0.471 e. The summed E-state index contributed by atoms with van der Waals surface area (Å²) in [7, 11) is 0. The monoisotopic (exact) mass is 371 g/mol. The summed E-state index contributed by atoms with van der Waals surface area (Å²) in [5.74, 6) is -1.77. The van der Waals surface area contributed by atoms with Crippen molar-refractivity contribution in [3.8, 4) is 11.4 Å². The molecule has 25 heavy (non-hydrogen) atoms. The van der Waals surface area contributed by atoms with Crippen LogP contribution in [0.3, 0.4) is 0 Å². The molecule has 0 fully saturated rings. The first kappa shape index (κ1) is 17.1. The second-order valence-electron chi connectivity index (χ2n) is 4.93. The van der Waals surface area contributed by atoms with Crippen LogP contribution >= 0.6 is 11.6 Å². The summed E-state index contributed by atoms with van der Waals surface area (Å²) in [6.45, 7) is 0.312. The third-order valence-corrected chi connectivity index (χ3v) is 3.40. The zero-order valence-electron chi connectivity index (χ0n) is 12.4. The highest BCUT2D eigenvalue weighted by atomic mass is 35.5. The first-order valence-corrected chi connectivity index (χ1v) is 7.30. The molecule has 3 heterocycles. The molecule has 0 N–H and O–H groups in total. The van der Waals surface area contributed by atoms with Crippen LogP contribution < -0.4 is 5.56 Å². The number of aryl methyl sites for hydroxylation is 2. The zero-order chi connectivity index (χ0) is 18.0. The van der Waals surface area contributed by atoms with E-state index in [0.29, 0.717) is 18.7 Å². The van der Waals surface area contributed by atoms with Gasteiger partial charge in [-0.05, 0) is 23.7 Å². The van der Waals surface area contributed by atoms with Gasteiger partial charge >= 0.3 is 12.1 Å². The van der Waals surface area contributed by atoms with E-state index >= 15 is 0 Å². The molecule has 3 aromatic heterocycles. The molecule has 0 atom stereocenters. The fraction of sp³-hybridized carbons (Fsp3) is 0.214. The molecule has 0 amide bonds. The number of hydrogen-bond donors (Lipinski definition) is 0. The minimum absolute atomic E-state index is 0.109. The SMILES string of the molecule is O=c1cc(-c2noc(C(F)(F)F)n2)ccn1CCc1ccnc(Cl)n1. The lowest BCUT2D eigenvalue weighted by Crippen LogP contribution is -2.20. The van der Waals surface area contributed by atoms with Gasteiger partial charge in [-0.15, -0.1) is 0 Å². The summed E-state index contributed by atoms with van der Waals surface area (Å²) >= 11 is 5.69. The molecule has 7 nitrogen and oxygen atoms in total. The van der Waals surface area contributed by atoms with Gasteiger partial charge in [0.25, 0.3) is 5.56 Å². The van der Waals surface area contributed by atoms with E-state index in [-0.39, 0.29) is 16.7 Å². The molecule has 0 spiro atoms. The molecule has 0 aromatic carbocycles. The van der Waals surface area contributed by atoms with Crippen LogP contribution in [-0.2, 0) is 19.1 Å². The van der Waals surface area contributed by atoms with E-state index in [1.807, 2.05) is 0 Å². The second-order valence-corrected chi connectivity index (χ2v) is 5.27. The van der Waals surface area contributed by atoms with Crippen molar-refractivity contribution < 1.29 is 17.7 Å². The molecule has 0 aliphatic heterocycles. The lowest BCUT2D eigenvalue weighted by Gasteiger charge is -2.05. The van der Waals surface area contributed by atoms with E-state index in [0.717, 1.165) is 6.07 Å². The van der Waals surface area contributed by atoms with Gasteiger partial charge in [0.15, 0.2) is 0 Å². The Hall–Kier alpha value is -2.75. The molecule has 3 rings (SSSR count). The third kappa shape index (κ3) is 4.02. The number of rotatable bonds is 4. The Balaban J connectivity index is 1.77. The van der Waals surface area contributed by atoms with Crippen molar-refractivity contribution in [2.24, 2.45) is 0 Å². The molecule has 11 heteroatoms. The van der Waals surface area contributed by atoms with Crippen LogP contribution in [0.4, 0.5) is 13.2 Å². The standard InChI is InChI=1S/C14H9ClF3N5O2/c15-13-19-4-1-9(20-13)3-6-23-5-2-8(7-10(23)24)11-21-12(25-22-11)14(16,17)18/h1-2,4-5,7H,3,6H2. The van der Waals surface area contributed by atoms with E-state index < -0.39 is 17.6 Å². The van der Waals surface area contributed by atoms with Crippen LogP contribution in [0.1, 0.15) is 11.6 Å². The van der Waals surface area contributed by atoms with Crippen molar-refractivity contribution >= 4 is 11.6 Å². The Morgan fingerprint density at radius 3 is 2.68 bits per heavy atom. The van der Waals surface area contributed by atoms with Gasteiger partial charge in [0.1, 0.15) is 0 Å². The number of hydrogen-bond acceptors (Lipinski definition) is 6. The Bertz CT molecular complexity index is 954. The Morgan fingerprint density at radius 1 is 1.24 bits per heavy atom. The molecule has 0 saturated heterocycles. The highest BCUT2D eigenvalue weighted by Gasteiger charge is 2.38. The first-order valence-electron chi connectivity index (χ1n) is 6.92. The molecular formula is C14H9ClF3N5O2. The molecule has 0 unspecified atom stereocenters. The lowest BCUT2D eigenvalue weighted by atomic mass is 10.2. The van der Waals surface area contributed by atoms with Crippen LogP contribution in [0.15, 0.2) is 39.9 Å². The number of alkyl halides is 3. The number of pyridine rings is 1. The summed E-state index contributed by atoms with van der Waals surface area (Å²) in [6, 6.07) is 4.24. The van der Waals surface area contributed by atoms with Crippen molar-refractivity contribution in [2.45, 2.75) is 19.1 Å². The van der Waals surface area contributed by atoms with E-state index in [4.69, 9.17) is 11.6 Å². The summed E-state index contributed by atoms with van der Waals surface area (Å²) in [5, 5.41) is 3.35. The molecule has 0 radical (unpaired) electrons. The van der Waals surface area contributed by atoms with Crippen molar-refractivity contribution in [3.05, 3.63) is 57.8 Å². The average molecular weight is 372 g/mol. The Labute approximate surface area is 143 Å². The molecule has 0 bridgehead atoms. The molecular weight excluding hydrogens is 363 g/mol. The molecule has 3 aromatic rings. The van der Waals surface area contributed by atoms with Crippen LogP contribution in [0.2, 0.25) is 5.28 Å². The smallest absolute Gasteiger partial charge is 0.329 e. The first-order chi connectivity index (χ1) is 11.8. The maximum atomic E-state index is 12.5. The summed E-state index contributed by atoms with van der Waals surface area (Å²) < 4.78 is 42.9. The molecule has 0 saturated carbocycles. The predicted octanol–water partition coefficient (Wildman–Crippen LogP) is 2.60. The Kier molecular flexibility index (Phi) is 4.53. The number of halogens is 4. The number of aromatic nitrogens is 5. The topological polar surface area (TPSA) is 86.7 Å². The fourth-order valence-corrected chi connectivity index (χ4v) is 2.20. The molecule has 0 aliphatic rings. The normalized spacial score (nSPS) is 11.7. The van der Waals surface area contributed by atoms with Crippen LogP contribution in [0, 0.1) is 0 Å². The van der Waals surface area contributed by atoms with E-state index in [9.17, 15) is 18.0 Å². The van der Waals surface area contributed by atoms with Gasteiger partial charge in [-0.25, -0.2) is 9.97 Å². The molecule has 0 aliphatic carbocycles. The van der Waals surface area contributed by atoms with Gasteiger partial charge in [0.2, 0.25) is 11.1 Å². The van der Waals surface area contributed by atoms with Gasteiger partial charge < -0.3 is 9.09 Å². The largest absolute Gasteiger partial charge is 0.471 e. The second kappa shape index (κ2) is 6.63. The van der Waals surface area contributed by atoms with Crippen LogP contribution in [0.5, 0.6) is 0 Å². The highest BCUT2D eigenvalue weighted by molar-refractivity contribution is 6.28. The molecule has 130 valence electrons. The minimum atomic E-state index is -4.74. The average Bonchev–Trinajstić information content (AvgIpc) is 3.04. The summed E-state index contributed by atoms with van der Waals surface area (Å²) in [6.07, 6.45) is -1.37.